The number of nitrogens with zero attached hydrogens (tertiary/aromatic N) is 2. The lowest BCUT2D eigenvalue weighted by Crippen LogP contribution is -2.48. The molecule has 148 valence electrons. The number of hydrogen-bond acceptors (Lipinski definition) is 3. The first-order chi connectivity index (χ1) is 12.0. The number of halogens is 2. The van der Waals surface area contributed by atoms with Gasteiger partial charge in [0.1, 0.15) is 17.6 Å². The molecule has 0 spiro atoms. The number of hydrogen-bond donors (Lipinski definition) is 1. The first kappa shape index (κ1) is 22.5. The van der Waals surface area contributed by atoms with Gasteiger partial charge in [0.05, 0.1) is 18.1 Å². The van der Waals surface area contributed by atoms with Gasteiger partial charge in [0.15, 0.2) is 0 Å². The molecule has 0 bridgehead atoms. The fourth-order valence-electron chi connectivity index (χ4n) is 2.65. The molecule has 7 heteroatoms. The Balaban J connectivity index is 3.23. The summed E-state index contributed by atoms with van der Waals surface area (Å²) in [7, 11) is 0. The second-order valence-electron chi connectivity index (χ2n) is 7.81. The first-order valence-corrected chi connectivity index (χ1v) is 9.31. The predicted molar refractivity (Wildman–Crippen MR) is 105 cm³/mol. The minimum absolute atomic E-state index is 0.000773. The summed E-state index contributed by atoms with van der Waals surface area (Å²) in [6.45, 7) is 16.7. The smallest absolute Gasteiger partial charge is 0.411 e. The van der Waals surface area contributed by atoms with Crippen LogP contribution in [0, 0.1) is 5.92 Å². The van der Waals surface area contributed by atoms with Gasteiger partial charge in [0.25, 0.3) is 0 Å². The first-order valence-electron chi connectivity index (χ1n) is 8.77. The van der Waals surface area contributed by atoms with E-state index in [1.807, 2.05) is 13.8 Å². The number of rotatable bonds is 6. The molecule has 1 N–H and O–H groups in total. The highest BCUT2D eigenvalue weighted by molar-refractivity contribution is 6.18. The van der Waals surface area contributed by atoms with Gasteiger partial charge in [0, 0.05) is 12.3 Å². The molecule has 5 nitrogen and oxygen atoms in total. The highest BCUT2D eigenvalue weighted by atomic mass is 35.5. The van der Waals surface area contributed by atoms with Crippen LogP contribution in [-0.4, -0.2) is 52.6 Å². The van der Waals surface area contributed by atoms with E-state index in [9.17, 15) is 9.18 Å². The van der Waals surface area contributed by atoms with Crippen LogP contribution in [0.15, 0.2) is 30.4 Å². The minimum atomic E-state index is -1.15. The third-order valence-corrected chi connectivity index (χ3v) is 4.91. The molecule has 1 aliphatic rings. The summed E-state index contributed by atoms with van der Waals surface area (Å²) >= 11 is 6.01. The van der Waals surface area contributed by atoms with Crippen molar-refractivity contribution in [2.45, 2.75) is 64.4 Å². The summed E-state index contributed by atoms with van der Waals surface area (Å²) in [6.07, 6.45) is 1.61. The minimum Gasteiger partial charge on any atom is -0.444 e. The van der Waals surface area contributed by atoms with Gasteiger partial charge in [-0.05, 0) is 39.8 Å². The average Bonchev–Trinajstić information content (AvgIpc) is 2.94. The Kier molecular flexibility index (Phi) is 7.69. The van der Waals surface area contributed by atoms with Crippen LogP contribution in [0.4, 0.5) is 9.18 Å². The zero-order valence-corrected chi connectivity index (χ0v) is 17.1. The van der Waals surface area contributed by atoms with Crippen molar-refractivity contribution < 1.29 is 13.9 Å². The van der Waals surface area contributed by atoms with Crippen LogP contribution >= 0.6 is 11.6 Å². The number of amides is 1. The quantitative estimate of drug-likeness (QED) is 0.320. The van der Waals surface area contributed by atoms with Crippen molar-refractivity contribution in [3.8, 4) is 0 Å². The second-order valence-corrected chi connectivity index (χ2v) is 8.12. The molecule has 26 heavy (non-hydrogen) atoms. The largest absolute Gasteiger partial charge is 0.444 e. The lowest BCUT2D eigenvalue weighted by molar-refractivity contribution is 0.0254. The van der Waals surface area contributed by atoms with E-state index in [4.69, 9.17) is 21.3 Å². The monoisotopic (exact) mass is 387 g/mol. The number of likely N-dealkylation sites (tertiary alicyclic amines) is 1. The van der Waals surface area contributed by atoms with E-state index in [1.165, 1.54) is 11.1 Å². The molecular weight excluding hydrogens is 357 g/mol. The fourth-order valence-corrected chi connectivity index (χ4v) is 2.96. The zero-order valence-electron chi connectivity index (χ0n) is 16.4. The molecule has 0 aromatic heterocycles. The number of carbonyl (C=O) groups excluding carboxylic acids is 1. The average molecular weight is 388 g/mol. The Labute approximate surface area is 161 Å². The second kappa shape index (κ2) is 8.89. The van der Waals surface area contributed by atoms with Crippen molar-refractivity contribution in [3.05, 3.63) is 25.4 Å². The summed E-state index contributed by atoms with van der Waals surface area (Å²) in [6, 6.07) is -0.570. The van der Waals surface area contributed by atoms with Crippen molar-refractivity contribution in [2.24, 2.45) is 10.9 Å². The van der Waals surface area contributed by atoms with Crippen LogP contribution < -0.4 is 5.32 Å². The maximum atomic E-state index is 14.2. The van der Waals surface area contributed by atoms with Crippen LogP contribution in [0.25, 0.3) is 0 Å². The molecule has 1 amide bonds. The van der Waals surface area contributed by atoms with Gasteiger partial charge in [0.2, 0.25) is 0 Å². The van der Waals surface area contributed by atoms with E-state index in [0.29, 0.717) is 11.7 Å². The maximum Gasteiger partial charge on any atom is 0.411 e. The molecule has 1 aliphatic heterocycles. The van der Waals surface area contributed by atoms with Gasteiger partial charge in [-0.15, -0.1) is 18.2 Å². The van der Waals surface area contributed by atoms with Crippen LogP contribution in [-0.2, 0) is 4.74 Å². The SMILES string of the molecule is C=CNC(=N[C@](C)(C=C)C(C)CCl)[C@@H]1CC(F)CN1C(=O)OC(C)(C)C. The predicted octanol–water partition coefficient (Wildman–Crippen LogP) is 4.29. The van der Waals surface area contributed by atoms with Crippen LogP contribution in [0.2, 0.25) is 0 Å². The lowest BCUT2D eigenvalue weighted by Gasteiger charge is -2.32. The number of ether oxygens (including phenoxy) is 1. The van der Waals surface area contributed by atoms with Crippen molar-refractivity contribution >= 4 is 23.5 Å². The Morgan fingerprint density at radius 2 is 2.08 bits per heavy atom. The summed E-state index contributed by atoms with van der Waals surface area (Å²) in [4.78, 5) is 18.7. The van der Waals surface area contributed by atoms with Crippen molar-refractivity contribution in [1.82, 2.24) is 10.2 Å². The molecular formula is C19H31ClFN3O2. The molecule has 4 atom stereocenters. The van der Waals surface area contributed by atoms with E-state index in [1.54, 1.807) is 26.8 Å². The van der Waals surface area contributed by atoms with Crippen molar-refractivity contribution in [3.63, 3.8) is 0 Å². The summed E-state index contributed by atoms with van der Waals surface area (Å²) in [5.74, 6) is 0.839. The topological polar surface area (TPSA) is 53.9 Å². The maximum absolute atomic E-state index is 14.2. The molecule has 1 rings (SSSR count). The molecule has 1 heterocycles. The Bertz CT molecular complexity index is 561. The highest BCUT2D eigenvalue weighted by Crippen LogP contribution is 2.28. The number of carbonyl (C=O) groups is 1. The fraction of sp³-hybridized carbons (Fsp3) is 0.684. The van der Waals surface area contributed by atoms with Gasteiger partial charge in [-0.2, -0.15) is 0 Å². The molecule has 0 aliphatic carbocycles. The van der Waals surface area contributed by atoms with Crippen LogP contribution in [0.3, 0.4) is 0 Å². The zero-order chi connectivity index (χ0) is 20.1. The third-order valence-electron chi connectivity index (χ3n) is 4.45. The van der Waals surface area contributed by atoms with E-state index in [-0.39, 0.29) is 18.9 Å². The van der Waals surface area contributed by atoms with Crippen LogP contribution in [0.5, 0.6) is 0 Å². The molecule has 2 unspecified atom stereocenters. The van der Waals surface area contributed by atoms with Gasteiger partial charge in [-0.25, -0.2) is 9.18 Å². The molecule has 1 fully saturated rings. The number of aliphatic imine (C=N–C) groups is 1. The Morgan fingerprint density at radius 3 is 2.54 bits per heavy atom. The summed E-state index contributed by atoms with van der Waals surface area (Å²) in [5, 5.41) is 2.97. The van der Waals surface area contributed by atoms with E-state index >= 15 is 0 Å². The number of nitrogens with one attached hydrogen (secondary N) is 1. The molecule has 0 aromatic carbocycles. The Hall–Kier alpha value is -1.56. The number of amidine groups is 1. The van der Waals surface area contributed by atoms with Crippen LogP contribution in [0.1, 0.15) is 41.0 Å². The van der Waals surface area contributed by atoms with Crippen molar-refractivity contribution in [1.29, 1.82) is 0 Å². The molecule has 1 saturated heterocycles. The van der Waals surface area contributed by atoms with Gasteiger partial charge in [-0.1, -0.05) is 19.6 Å². The van der Waals surface area contributed by atoms with E-state index in [2.05, 4.69) is 18.5 Å². The van der Waals surface area contributed by atoms with E-state index in [0.717, 1.165) is 0 Å². The highest BCUT2D eigenvalue weighted by Gasteiger charge is 2.41. The number of alkyl halides is 2. The van der Waals surface area contributed by atoms with E-state index < -0.39 is 29.4 Å². The third kappa shape index (κ3) is 5.73. The van der Waals surface area contributed by atoms with Gasteiger partial charge in [-0.3, -0.25) is 9.89 Å². The Morgan fingerprint density at radius 1 is 1.46 bits per heavy atom. The normalized spacial score (nSPS) is 24.6. The summed E-state index contributed by atoms with van der Waals surface area (Å²) < 4.78 is 19.6. The lowest BCUT2D eigenvalue weighted by atomic mass is 9.89. The summed E-state index contributed by atoms with van der Waals surface area (Å²) in [5.41, 5.74) is -1.33. The molecule has 0 aromatic rings. The van der Waals surface area contributed by atoms with Crippen molar-refractivity contribution in [2.75, 3.05) is 12.4 Å². The van der Waals surface area contributed by atoms with Gasteiger partial charge >= 0.3 is 6.09 Å². The van der Waals surface area contributed by atoms with Gasteiger partial charge < -0.3 is 10.1 Å². The standard InChI is InChI=1S/C19H31ClFN3O2/c1-8-19(7,13(3)11-20)23-16(22-9-2)15-10-14(21)12-24(15)17(25)26-18(4,5)6/h8-9,13-15H,1-2,10-12H2,3-7H3,(H,22,23)/t13?,14?,15-,19+/m0/s1. The molecule has 0 radical (unpaired) electrons. The molecule has 0 saturated carbocycles.